The first-order valence-electron chi connectivity index (χ1n) is 6.39. The topological polar surface area (TPSA) is 136 Å². The molecule has 0 spiro atoms. The van der Waals surface area contributed by atoms with Gasteiger partial charge in [0.05, 0.1) is 9.79 Å². The standard InChI is InChI=1S/C13H12FN3O5S2/c14-23(19,20)10-2-1-3-11(6-10)24(21,22)17-8-9-4-5-12(13(15)18)16-7-9/h1-7,17H,8H2,(H2,15,18). The number of hydrogen-bond donors (Lipinski definition) is 2. The van der Waals surface area contributed by atoms with Gasteiger partial charge in [-0.2, -0.15) is 8.42 Å². The molecule has 0 aliphatic rings. The van der Waals surface area contributed by atoms with E-state index < -0.39 is 35.9 Å². The lowest BCUT2D eigenvalue weighted by Gasteiger charge is -2.07. The lowest BCUT2D eigenvalue weighted by atomic mass is 10.2. The van der Waals surface area contributed by atoms with E-state index in [4.69, 9.17) is 5.73 Å². The van der Waals surface area contributed by atoms with Crippen LogP contribution in [-0.4, -0.2) is 27.7 Å². The zero-order valence-electron chi connectivity index (χ0n) is 12.0. The third-order valence-electron chi connectivity index (χ3n) is 2.94. The number of hydrogen-bond acceptors (Lipinski definition) is 6. The van der Waals surface area contributed by atoms with Crippen molar-refractivity contribution in [2.24, 2.45) is 5.73 Å². The van der Waals surface area contributed by atoms with Crippen molar-refractivity contribution in [3.8, 4) is 0 Å². The van der Waals surface area contributed by atoms with Crippen LogP contribution in [0.2, 0.25) is 0 Å². The number of carbonyl (C=O) groups is 1. The second-order valence-electron chi connectivity index (χ2n) is 4.65. The molecule has 3 N–H and O–H groups in total. The molecule has 0 bridgehead atoms. The van der Waals surface area contributed by atoms with E-state index in [2.05, 4.69) is 9.71 Å². The molecule has 0 radical (unpaired) electrons. The molecule has 1 heterocycles. The third-order valence-corrected chi connectivity index (χ3v) is 5.16. The number of amides is 1. The Kier molecular flexibility index (Phi) is 4.96. The number of carbonyl (C=O) groups excluding carboxylic acids is 1. The molecule has 0 aliphatic heterocycles. The highest BCUT2D eigenvalue weighted by Gasteiger charge is 2.18. The lowest BCUT2D eigenvalue weighted by Crippen LogP contribution is -2.23. The van der Waals surface area contributed by atoms with E-state index in [1.165, 1.54) is 18.3 Å². The average Bonchev–Trinajstić information content (AvgIpc) is 2.53. The van der Waals surface area contributed by atoms with Crippen LogP contribution in [0.25, 0.3) is 0 Å². The Labute approximate surface area is 137 Å². The zero-order chi connectivity index (χ0) is 18.0. The van der Waals surface area contributed by atoms with Gasteiger partial charge in [-0.05, 0) is 29.8 Å². The largest absolute Gasteiger partial charge is 0.364 e. The minimum absolute atomic E-state index is 0.0301. The molecule has 1 aromatic carbocycles. The van der Waals surface area contributed by atoms with Gasteiger partial charge < -0.3 is 5.73 Å². The molecule has 0 unspecified atom stereocenters. The Morgan fingerprint density at radius 3 is 2.33 bits per heavy atom. The van der Waals surface area contributed by atoms with Gasteiger partial charge in [0.15, 0.2) is 0 Å². The molecular weight excluding hydrogens is 361 g/mol. The average molecular weight is 373 g/mol. The maximum atomic E-state index is 13.0. The highest BCUT2D eigenvalue weighted by molar-refractivity contribution is 7.89. The number of nitrogens with two attached hydrogens (primary N) is 1. The molecule has 11 heteroatoms. The van der Waals surface area contributed by atoms with Crippen molar-refractivity contribution >= 4 is 26.2 Å². The van der Waals surface area contributed by atoms with Gasteiger partial charge in [-0.1, -0.05) is 12.1 Å². The zero-order valence-corrected chi connectivity index (χ0v) is 13.6. The molecule has 128 valence electrons. The van der Waals surface area contributed by atoms with Crippen LogP contribution in [0.3, 0.4) is 0 Å². The van der Waals surface area contributed by atoms with Crippen LogP contribution in [-0.2, 0) is 26.8 Å². The van der Waals surface area contributed by atoms with Crippen molar-refractivity contribution < 1.29 is 25.5 Å². The van der Waals surface area contributed by atoms with E-state index in [1.807, 2.05) is 0 Å². The van der Waals surface area contributed by atoms with Crippen molar-refractivity contribution in [2.75, 3.05) is 0 Å². The molecule has 2 aromatic rings. The number of nitrogens with zero attached hydrogens (tertiary/aromatic N) is 1. The number of rotatable bonds is 6. The van der Waals surface area contributed by atoms with Crippen LogP contribution >= 0.6 is 0 Å². The Hall–Kier alpha value is -2.37. The van der Waals surface area contributed by atoms with E-state index in [-0.39, 0.29) is 12.2 Å². The summed E-state index contributed by atoms with van der Waals surface area (Å²) in [5.41, 5.74) is 5.51. The molecule has 0 fully saturated rings. The maximum Gasteiger partial charge on any atom is 0.332 e. The monoisotopic (exact) mass is 373 g/mol. The summed E-state index contributed by atoms with van der Waals surface area (Å²) in [6.07, 6.45) is 1.27. The fourth-order valence-corrected chi connectivity index (χ4v) is 3.38. The van der Waals surface area contributed by atoms with Gasteiger partial charge in [0, 0.05) is 12.7 Å². The molecule has 0 saturated heterocycles. The molecule has 0 atom stereocenters. The van der Waals surface area contributed by atoms with E-state index in [0.717, 1.165) is 18.2 Å². The van der Waals surface area contributed by atoms with Crippen molar-refractivity contribution in [3.63, 3.8) is 0 Å². The maximum absolute atomic E-state index is 13.0. The van der Waals surface area contributed by atoms with Gasteiger partial charge in [-0.3, -0.25) is 9.78 Å². The molecule has 8 nitrogen and oxygen atoms in total. The Morgan fingerprint density at radius 2 is 1.79 bits per heavy atom. The molecule has 1 amide bonds. The lowest BCUT2D eigenvalue weighted by molar-refractivity contribution is 0.0995. The summed E-state index contributed by atoms with van der Waals surface area (Å²) >= 11 is 0. The van der Waals surface area contributed by atoms with Crippen LogP contribution in [0.5, 0.6) is 0 Å². The fraction of sp³-hybridized carbons (Fsp3) is 0.0769. The van der Waals surface area contributed by atoms with E-state index in [9.17, 15) is 25.5 Å². The summed E-state index contributed by atoms with van der Waals surface area (Å²) in [5, 5.41) is 0. The van der Waals surface area contributed by atoms with Crippen molar-refractivity contribution in [3.05, 3.63) is 53.9 Å². The second-order valence-corrected chi connectivity index (χ2v) is 7.77. The van der Waals surface area contributed by atoms with Crippen LogP contribution in [0.4, 0.5) is 3.89 Å². The summed E-state index contributed by atoms with van der Waals surface area (Å²) in [5.74, 6) is -0.716. The van der Waals surface area contributed by atoms with Crippen LogP contribution in [0, 0.1) is 0 Å². The number of benzene rings is 1. The highest BCUT2D eigenvalue weighted by atomic mass is 32.3. The first-order chi connectivity index (χ1) is 11.1. The highest BCUT2D eigenvalue weighted by Crippen LogP contribution is 2.17. The summed E-state index contributed by atoms with van der Waals surface area (Å²) in [6, 6.07) is 6.70. The van der Waals surface area contributed by atoms with Gasteiger partial charge in [0.2, 0.25) is 10.0 Å². The van der Waals surface area contributed by atoms with Gasteiger partial charge in [0.1, 0.15) is 5.69 Å². The van der Waals surface area contributed by atoms with E-state index >= 15 is 0 Å². The Morgan fingerprint density at radius 1 is 1.12 bits per heavy atom. The third kappa shape index (κ3) is 4.34. The van der Waals surface area contributed by atoms with Crippen LogP contribution < -0.4 is 10.5 Å². The summed E-state index contributed by atoms with van der Waals surface area (Å²) in [7, 11) is -9.08. The second kappa shape index (κ2) is 6.63. The first kappa shape index (κ1) is 18.0. The minimum Gasteiger partial charge on any atom is -0.364 e. The predicted octanol–water partition coefficient (Wildman–Crippen LogP) is 0.317. The molecule has 0 aliphatic carbocycles. The number of primary amides is 1. The van der Waals surface area contributed by atoms with E-state index in [0.29, 0.717) is 11.6 Å². The number of aromatic nitrogens is 1. The van der Waals surface area contributed by atoms with Gasteiger partial charge >= 0.3 is 10.2 Å². The van der Waals surface area contributed by atoms with E-state index in [1.54, 1.807) is 0 Å². The molecular formula is C13H12FN3O5S2. The number of sulfonamides is 1. The van der Waals surface area contributed by atoms with Gasteiger partial charge in [-0.15, -0.1) is 3.89 Å². The van der Waals surface area contributed by atoms with Crippen molar-refractivity contribution in [1.29, 1.82) is 0 Å². The molecule has 1 aromatic heterocycles. The minimum atomic E-state index is -5.01. The molecule has 2 rings (SSSR count). The quantitative estimate of drug-likeness (QED) is 0.700. The normalized spacial score (nSPS) is 12.0. The van der Waals surface area contributed by atoms with Crippen molar-refractivity contribution in [2.45, 2.75) is 16.3 Å². The van der Waals surface area contributed by atoms with Gasteiger partial charge in [-0.25, -0.2) is 13.1 Å². The summed E-state index contributed by atoms with van der Waals surface area (Å²) in [4.78, 5) is 13.5. The van der Waals surface area contributed by atoms with Crippen LogP contribution in [0.15, 0.2) is 52.4 Å². The SMILES string of the molecule is NC(=O)c1ccc(CNS(=O)(=O)c2cccc(S(=O)(=O)F)c2)cn1. The predicted molar refractivity (Wildman–Crippen MR) is 81.5 cm³/mol. The number of pyridine rings is 1. The smallest absolute Gasteiger partial charge is 0.332 e. The van der Waals surface area contributed by atoms with Crippen LogP contribution in [0.1, 0.15) is 16.1 Å². The number of nitrogens with one attached hydrogen (secondary N) is 1. The first-order valence-corrected chi connectivity index (χ1v) is 9.25. The van der Waals surface area contributed by atoms with Gasteiger partial charge in [0.25, 0.3) is 5.91 Å². The Balaban J connectivity index is 2.18. The summed E-state index contributed by atoms with van der Waals surface area (Å²) < 4.78 is 61.1. The molecule has 24 heavy (non-hydrogen) atoms. The summed E-state index contributed by atoms with van der Waals surface area (Å²) in [6.45, 7) is -0.166. The van der Waals surface area contributed by atoms with Crippen molar-refractivity contribution in [1.82, 2.24) is 9.71 Å². The Bertz CT molecular complexity index is 973. The molecule has 0 saturated carbocycles. The number of halogens is 1. The fourth-order valence-electron chi connectivity index (χ4n) is 1.73.